The number of aryl methyl sites for hydroxylation is 2. The molecule has 0 spiro atoms. The highest BCUT2D eigenvalue weighted by molar-refractivity contribution is 6.38. The van der Waals surface area contributed by atoms with Crippen LogP contribution in [0.15, 0.2) is 133 Å². The SMILES string of the molecule is Cc1ccc(-c2cc3c4ccccc4c4cc(-c5ccc(C)cc5)c5ccccc5c4c3c3ccccc23)cc1. The monoisotopic (exact) mass is 508 g/mol. The molecule has 0 unspecified atom stereocenters. The van der Waals surface area contributed by atoms with Crippen LogP contribution in [-0.2, 0) is 0 Å². The first-order chi connectivity index (χ1) is 19.7. The van der Waals surface area contributed by atoms with Gasteiger partial charge in [0.05, 0.1) is 0 Å². The molecule has 0 atom stereocenters. The highest BCUT2D eigenvalue weighted by Gasteiger charge is 2.18. The molecular formula is C40H28. The number of rotatable bonds is 2. The largest absolute Gasteiger partial charge is 0.0616 e. The van der Waals surface area contributed by atoms with E-state index in [0.717, 1.165) is 0 Å². The second kappa shape index (κ2) is 8.79. The van der Waals surface area contributed by atoms with Gasteiger partial charge in [-0.2, -0.15) is 0 Å². The molecule has 0 aliphatic heterocycles. The molecule has 8 aromatic carbocycles. The van der Waals surface area contributed by atoms with E-state index in [4.69, 9.17) is 0 Å². The Balaban J connectivity index is 1.63. The molecular weight excluding hydrogens is 480 g/mol. The topological polar surface area (TPSA) is 0 Å². The third-order valence-electron chi connectivity index (χ3n) is 8.57. The summed E-state index contributed by atoms with van der Waals surface area (Å²) in [5, 5.41) is 13.1. The maximum absolute atomic E-state index is 2.44. The highest BCUT2D eigenvalue weighted by Crippen LogP contribution is 2.46. The molecule has 0 saturated carbocycles. The lowest BCUT2D eigenvalue weighted by Gasteiger charge is -2.19. The Hall–Kier alpha value is -4.94. The fourth-order valence-corrected chi connectivity index (χ4v) is 6.61. The Morgan fingerprint density at radius 3 is 1.00 bits per heavy atom. The molecule has 8 aromatic rings. The first kappa shape index (κ1) is 23.0. The van der Waals surface area contributed by atoms with Crippen LogP contribution in [-0.4, -0.2) is 0 Å². The zero-order chi connectivity index (χ0) is 26.8. The fraction of sp³-hybridized carbons (Fsp3) is 0.0500. The number of hydrogen-bond acceptors (Lipinski definition) is 0. The van der Waals surface area contributed by atoms with Gasteiger partial charge in [-0.1, -0.05) is 132 Å². The summed E-state index contributed by atoms with van der Waals surface area (Å²) in [6.45, 7) is 4.30. The summed E-state index contributed by atoms with van der Waals surface area (Å²) in [4.78, 5) is 0. The average molecular weight is 509 g/mol. The molecule has 0 amide bonds. The smallest absolute Gasteiger partial charge is 0.00137 e. The van der Waals surface area contributed by atoms with Crippen molar-refractivity contribution in [3.05, 3.63) is 145 Å². The molecule has 0 aliphatic carbocycles. The van der Waals surface area contributed by atoms with Gasteiger partial charge in [-0.3, -0.25) is 0 Å². The van der Waals surface area contributed by atoms with Crippen LogP contribution >= 0.6 is 0 Å². The van der Waals surface area contributed by atoms with Gasteiger partial charge in [-0.25, -0.2) is 0 Å². The molecule has 0 heterocycles. The van der Waals surface area contributed by atoms with E-state index in [1.165, 1.54) is 87.2 Å². The van der Waals surface area contributed by atoms with E-state index in [1.807, 2.05) is 0 Å². The summed E-state index contributed by atoms with van der Waals surface area (Å²) in [6.07, 6.45) is 0. The van der Waals surface area contributed by atoms with Crippen molar-refractivity contribution < 1.29 is 0 Å². The van der Waals surface area contributed by atoms with E-state index in [0.29, 0.717) is 0 Å². The zero-order valence-electron chi connectivity index (χ0n) is 22.7. The fourth-order valence-electron chi connectivity index (χ4n) is 6.61. The number of hydrogen-bond donors (Lipinski definition) is 0. The maximum Gasteiger partial charge on any atom is -0.00137 e. The van der Waals surface area contributed by atoms with Gasteiger partial charge in [-0.05, 0) is 102 Å². The van der Waals surface area contributed by atoms with Crippen molar-refractivity contribution in [1.82, 2.24) is 0 Å². The van der Waals surface area contributed by atoms with Gasteiger partial charge in [0.25, 0.3) is 0 Å². The summed E-state index contributed by atoms with van der Waals surface area (Å²) < 4.78 is 0. The van der Waals surface area contributed by atoms with Gasteiger partial charge in [0.2, 0.25) is 0 Å². The number of benzene rings is 8. The Kier molecular flexibility index (Phi) is 5.06. The lowest BCUT2D eigenvalue weighted by molar-refractivity contribution is 1.47. The lowest BCUT2D eigenvalue weighted by atomic mass is 9.84. The van der Waals surface area contributed by atoms with Crippen molar-refractivity contribution in [2.75, 3.05) is 0 Å². The molecule has 0 aromatic heterocycles. The second-order valence-corrected chi connectivity index (χ2v) is 11.1. The zero-order valence-corrected chi connectivity index (χ0v) is 22.7. The first-order valence-electron chi connectivity index (χ1n) is 14.0. The molecule has 0 radical (unpaired) electrons. The highest BCUT2D eigenvalue weighted by atomic mass is 14.2. The van der Waals surface area contributed by atoms with E-state index in [1.54, 1.807) is 0 Å². The van der Waals surface area contributed by atoms with Crippen LogP contribution in [0.5, 0.6) is 0 Å². The third kappa shape index (κ3) is 3.39. The van der Waals surface area contributed by atoms with Crippen molar-refractivity contribution in [1.29, 1.82) is 0 Å². The van der Waals surface area contributed by atoms with Crippen molar-refractivity contribution in [2.24, 2.45) is 0 Å². The maximum atomic E-state index is 2.44. The van der Waals surface area contributed by atoms with E-state index >= 15 is 0 Å². The normalized spacial score (nSPS) is 11.8. The molecule has 8 rings (SSSR count). The molecule has 0 aliphatic rings. The van der Waals surface area contributed by atoms with Gasteiger partial charge in [-0.15, -0.1) is 0 Å². The van der Waals surface area contributed by atoms with Crippen molar-refractivity contribution in [3.63, 3.8) is 0 Å². The van der Waals surface area contributed by atoms with E-state index in [-0.39, 0.29) is 0 Å². The average Bonchev–Trinajstić information content (AvgIpc) is 3.01. The molecule has 0 bridgehead atoms. The minimum atomic E-state index is 1.26. The second-order valence-electron chi connectivity index (χ2n) is 11.1. The minimum Gasteiger partial charge on any atom is -0.0616 e. The van der Waals surface area contributed by atoms with Crippen LogP contribution in [0.3, 0.4) is 0 Å². The van der Waals surface area contributed by atoms with Crippen molar-refractivity contribution in [3.8, 4) is 22.3 Å². The summed E-state index contributed by atoms with van der Waals surface area (Å²) >= 11 is 0. The summed E-state index contributed by atoms with van der Waals surface area (Å²) in [5.74, 6) is 0. The van der Waals surface area contributed by atoms with Crippen molar-refractivity contribution in [2.45, 2.75) is 13.8 Å². The quantitative estimate of drug-likeness (QED) is 0.204. The predicted octanol–water partition coefficient (Wildman–Crippen LogP) is 11.4. The molecule has 0 nitrogen and oxygen atoms in total. The first-order valence-corrected chi connectivity index (χ1v) is 14.0. The lowest BCUT2D eigenvalue weighted by Crippen LogP contribution is -1.91. The standard InChI is InChI=1S/C40H28/c1-25-15-19-27(20-16-25)35-23-37-29-9-3-4-10-30(29)38-24-36(28-21-17-26(2)18-22-28)32-12-6-8-14-34(32)40(38)39(37)33-13-7-5-11-31(33)35/h3-24H,1-2H3. The Bertz CT molecular complexity index is 2090. The van der Waals surface area contributed by atoms with Crippen LogP contribution in [0.4, 0.5) is 0 Å². The summed E-state index contributed by atoms with van der Waals surface area (Å²) in [6, 6.07) is 49.6. The molecule has 0 heteroatoms. The molecule has 188 valence electrons. The Morgan fingerprint density at radius 1 is 0.300 bits per heavy atom. The minimum absolute atomic E-state index is 1.26. The Labute approximate surface area is 234 Å². The molecule has 0 N–H and O–H groups in total. The van der Waals surface area contributed by atoms with Gasteiger partial charge in [0, 0.05) is 0 Å². The van der Waals surface area contributed by atoms with Gasteiger partial charge in [0.15, 0.2) is 0 Å². The van der Waals surface area contributed by atoms with E-state index in [2.05, 4.69) is 147 Å². The van der Waals surface area contributed by atoms with E-state index in [9.17, 15) is 0 Å². The summed E-state index contributed by atoms with van der Waals surface area (Å²) in [7, 11) is 0. The molecule has 0 fully saturated rings. The van der Waals surface area contributed by atoms with Gasteiger partial charge < -0.3 is 0 Å². The third-order valence-corrected chi connectivity index (χ3v) is 8.57. The predicted molar refractivity (Wildman–Crippen MR) is 174 cm³/mol. The van der Waals surface area contributed by atoms with Crippen LogP contribution < -0.4 is 0 Å². The van der Waals surface area contributed by atoms with Crippen LogP contribution in [0.25, 0.3) is 76.1 Å². The van der Waals surface area contributed by atoms with E-state index < -0.39 is 0 Å². The van der Waals surface area contributed by atoms with Gasteiger partial charge in [0.1, 0.15) is 0 Å². The number of fused-ring (bicyclic) bond motifs is 10. The van der Waals surface area contributed by atoms with Crippen LogP contribution in [0, 0.1) is 13.8 Å². The summed E-state index contributed by atoms with van der Waals surface area (Å²) in [5.41, 5.74) is 7.64. The van der Waals surface area contributed by atoms with Crippen LogP contribution in [0.2, 0.25) is 0 Å². The van der Waals surface area contributed by atoms with Crippen LogP contribution in [0.1, 0.15) is 11.1 Å². The van der Waals surface area contributed by atoms with Crippen molar-refractivity contribution >= 4 is 53.9 Å². The molecule has 40 heavy (non-hydrogen) atoms. The van der Waals surface area contributed by atoms with Gasteiger partial charge >= 0.3 is 0 Å². The Morgan fingerprint density at radius 2 is 0.625 bits per heavy atom. The molecule has 0 saturated heterocycles.